The van der Waals surface area contributed by atoms with Crippen molar-refractivity contribution in [3.8, 4) is 0 Å². The van der Waals surface area contributed by atoms with Crippen molar-refractivity contribution in [2.24, 2.45) is 5.50 Å². The summed E-state index contributed by atoms with van der Waals surface area (Å²) in [6, 6.07) is 0. The van der Waals surface area contributed by atoms with Crippen molar-refractivity contribution in [2.45, 2.75) is 6.61 Å². The van der Waals surface area contributed by atoms with Gasteiger partial charge in [-0.1, -0.05) is 0 Å². The van der Waals surface area contributed by atoms with Gasteiger partial charge in [0.2, 0.25) is 5.82 Å². The molecule has 0 heterocycles. The van der Waals surface area contributed by atoms with Gasteiger partial charge in [-0.2, -0.15) is 4.39 Å². The van der Waals surface area contributed by atoms with E-state index in [2.05, 4.69) is 0 Å². The number of rotatable bonds is 9. The molecule has 0 saturated carbocycles. The molecular formula is C11H14Cl2F3N4O4P. The number of halogens is 5. The van der Waals surface area contributed by atoms with E-state index in [0.717, 1.165) is 4.67 Å². The molecule has 142 valence electrons. The molecule has 1 unspecified atom stereocenters. The van der Waals surface area contributed by atoms with Gasteiger partial charge in [0.15, 0.2) is 17.3 Å². The van der Waals surface area contributed by atoms with Crippen LogP contribution < -0.4 is 11.2 Å². The lowest BCUT2D eigenvalue weighted by Gasteiger charge is -2.26. The standard InChI is InChI=1S/C11H14Cl2F3N4O4P/c12-1-3-19(4-2-13)25(18,23)24-5-6-7(14)9(16)11(20(21)22)10(17)8(6)15/h1-5,17H2,(H2,18,23). The topological polar surface area (TPSA) is 125 Å². The summed E-state index contributed by atoms with van der Waals surface area (Å²) in [5.74, 6) is -5.42. The molecule has 0 saturated heterocycles. The summed E-state index contributed by atoms with van der Waals surface area (Å²) in [7, 11) is -4.07. The number of nitrogens with two attached hydrogens (primary N) is 2. The molecule has 25 heavy (non-hydrogen) atoms. The molecule has 0 aliphatic carbocycles. The highest BCUT2D eigenvalue weighted by molar-refractivity contribution is 7.53. The Morgan fingerprint density at radius 3 is 2.12 bits per heavy atom. The summed E-state index contributed by atoms with van der Waals surface area (Å²) in [6.07, 6.45) is 0. The van der Waals surface area contributed by atoms with E-state index >= 15 is 0 Å². The lowest BCUT2D eigenvalue weighted by molar-refractivity contribution is -0.387. The van der Waals surface area contributed by atoms with Crippen LogP contribution in [0.3, 0.4) is 0 Å². The summed E-state index contributed by atoms with van der Waals surface area (Å²) in [6.45, 7) is -1.07. The molecule has 0 aliphatic heterocycles. The first-order valence-corrected chi connectivity index (χ1v) is 9.29. The Bertz CT molecular complexity index is 677. The number of nitrogens with zero attached hydrogens (tertiary/aromatic N) is 2. The first kappa shape index (κ1) is 21.9. The Hall–Kier alpha value is -1.10. The van der Waals surface area contributed by atoms with Crippen molar-refractivity contribution in [3.63, 3.8) is 0 Å². The maximum absolute atomic E-state index is 14.0. The lowest BCUT2D eigenvalue weighted by atomic mass is 10.1. The molecule has 1 rings (SSSR count). The normalized spacial score (nSPS) is 13.9. The van der Waals surface area contributed by atoms with Crippen LogP contribution in [0.5, 0.6) is 0 Å². The first-order valence-electron chi connectivity index (χ1n) is 6.58. The highest BCUT2D eigenvalue weighted by atomic mass is 35.5. The van der Waals surface area contributed by atoms with Crippen LogP contribution in [0.4, 0.5) is 24.5 Å². The molecule has 0 amide bonds. The van der Waals surface area contributed by atoms with E-state index in [0.29, 0.717) is 0 Å². The van der Waals surface area contributed by atoms with E-state index in [4.69, 9.17) is 39.0 Å². The molecule has 14 heteroatoms. The van der Waals surface area contributed by atoms with E-state index in [9.17, 15) is 27.9 Å². The molecule has 4 N–H and O–H groups in total. The second-order valence-electron chi connectivity index (χ2n) is 4.61. The number of nitro groups is 1. The summed E-state index contributed by atoms with van der Waals surface area (Å²) < 4.78 is 59.8. The minimum absolute atomic E-state index is 0.00375. The van der Waals surface area contributed by atoms with E-state index in [1.807, 2.05) is 0 Å². The first-order chi connectivity index (χ1) is 11.6. The van der Waals surface area contributed by atoms with Crippen LogP contribution in [-0.4, -0.2) is 34.4 Å². The number of alkyl halides is 2. The Balaban J connectivity index is 3.16. The Labute approximate surface area is 150 Å². The third kappa shape index (κ3) is 4.96. The fourth-order valence-electron chi connectivity index (χ4n) is 1.85. The van der Waals surface area contributed by atoms with Gasteiger partial charge in [0.05, 0.1) is 17.1 Å². The largest absolute Gasteiger partial charge is 0.391 e. The van der Waals surface area contributed by atoms with Gasteiger partial charge >= 0.3 is 13.4 Å². The fraction of sp³-hybridized carbons (Fsp3) is 0.455. The molecule has 0 radical (unpaired) electrons. The fourth-order valence-corrected chi connectivity index (χ4v) is 3.73. The number of nitro benzene ring substituents is 1. The quantitative estimate of drug-likeness (QED) is 0.156. The van der Waals surface area contributed by atoms with Crippen molar-refractivity contribution < 1.29 is 27.2 Å². The summed E-state index contributed by atoms with van der Waals surface area (Å²) in [5.41, 5.74) is 6.79. The average Bonchev–Trinajstić information content (AvgIpc) is 2.52. The van der Waals surface area contributed by atoms with Crippen molar-refractivity contribution in [1.29, 1.82) is 0 Å². The predicted octanol–water partition coefficient (Wildman–Crippen LogP) is 2.96. The maximum atomic E-state index is 14.0. The van der Waals surface area contributed by atoms with Crippen molar-refractivity contribution in [3.05, 3.63) is 33.1 Å². The Morgan fingerprint density at radius 2 is 1.68 bits per heavy atom. The second kappa shape index (κ2) is 9.02. The molecular weight excluding hydrogens is 411 g/mol. The monoisotopic (exact) mass is 424 g/mol. The van der Waals surface area contributed by atoms with Crippen LogP contribution in [0.2, 0.25) is 0 Å². The minimum Gasteiger partial charge on any atom is -0.391 e. The molecule has 8 nitrogen and oxygen atoms in total. The van der Waals surface area contributed by atoms with Crippen LogP contribution in [0, 0.1) is 27.6 Å². The average molecular weight is 425 g/mol. The highest BCUT2D eigenvalue weighted by Crippen LogP contribution is 2.44. The summed E-state index contributed by atoms with van der Waals surface area (Å²) in [4.78, 5) is 9.27. The Morgan fingerprint density at radius 1 is 1.16 bits per heavy atom. The van der Waals surface area contributed by atoms with Crippen molar-refractivity contribution >= 4 is 42.2 Å². The molecule has 0 fully saturated rings. The van der Waals surface area contributed by atoms with Gasteiger partial charge in [-0.25, -0.2) is 19.0 Å². The summed E-state index contributed by atoms with van der Waals surface area (Å²) in [5, 5.41) is 10.6. The van der Waals surface area contributed by atoms with Crippen LogP contribution in [0.25, 0.3) is 0 Å². The lowest BCUT2D eigenvalue weighted by Crippen LogP contribution is -2.29. The van der Waals surface area contributed by atoms with Gasteiger partial charge in [0.1, 0.15) is 0 Å². The van der Waals surface area contributed by atoms with Gasteiger partial charge < -0.3 is 10.3 Å². The maximum Gasteiger partial charge on any atom is 0.341 e. The van der Waals surface area contributed by atoms with Gasteiger partial charge in [-0.15, -0.1) is 23.2 Å². The van der Waals surface area contributed by atoms with E-state index in [1.165, 1.54) is 0 Å². The zero-order chi connectivity index (χ0) is 19.4. The van der Waals surface area contributed by atoms with Gasteiger partial charge in [-0.05, 0) is 0 Å². The Kier molecular flexibility index (Phi) is 7.91. The summed E-state index contributed by atoms with van der Waals surface area (Å²) >= 11 is 11.1. The third-order valence-electron chi connectivity index (χ3n) is 3.08. The van der Waals surface area contributed by atoms with Crippen LogP contribution >= 0.6 is 30.9 Å². The van der Waals surface area contributed by atoms with Crippen LogP contribution in [-0.2, 0) is 15.7 Å². The van der Waals surface area contributed by atoms with Gasteiger partial charge in [0, 0.05) is 24.8 Å². The molecule has 1 atom stereocenters. The molecule has 0 bridgehead atoms. The van der Waals surface area contributed by atoms with Crippen molar-refractivity contribution in [1.82, 2.24) is 4.67 Å². The predicted molar refractivity (Wildman–Crippen MR) is 87.0 cm³/mol. The van der Waals surface area contributed by atoms with E-state index in [-0.39, 0.29) is 24.8 Å². The van der Waals surface area contributed by atoms with E-state index < -0.39 is 53.6 Å². The number of benzene rings is 1. The number of hydrogen-bond donors (Lipinski definition) is 2. The second-order valence-corrected chi connectivity index (χ2v) is 7.32. The molecule has 0 aliphatic rings. The van der Waals surface area contributed by atoms with Gasteiger partial charge in [-0.3, -0.25) is 14.7 Å². The van der Waals surface area contributed by atoms with Crippen LogP contribution in [0.1, 0.15) is 5.56 Å². The molecule has 1 aromatic rings. The SMILES string of the molecule is Nc1c(F)c(COP(N)(=O)N(CCCl)CCCl)c(F)c(F)c1[N+](=O)[O-]. The molecule has 0 spiro atoms. The van der Waals surface area contributed by atoms with Gasteiger partial charge in [0.25, 0.3) is 0 Å². The van der Waals surface area contributed by atoms with Crippen LogP contribution in [0.15, 0.2) is 0 Å². The smallest absolute Gasteiger partial charge is 0.341 e. The number of hydrogen-bond acceptors (Lipinski definition) is 5. The zero-order valence-corrected chi connectivity index (χ0v) is 15.0. The molecule has 1 aromatic carbocycles. The number of anilines is 1. The highest BCUT2D eigenvalue weighted by Gasteiger charge is 2.33. The van der Waals surface area contributed by atoms with E-state index in [1.54, 1.807) is 0 Å². The minimum atomic E-state index is -4.07. The zero-order valence-electron chi connectivity index (χ0n) is 12.6. The molecule has 0 aromatic heterocycles. The number of nitrogen functional groups attached to an aromatic ring is 1. The third-order valence-corrected chi connectivity index (χ3v) is 5.10. The van der Waals surface area contributed by atoms with Crippen molar-refractivity contribution in [2.75, 3.05) is 30.6 Å².